The maximum Gasteiger partial charge on any atom is 0.255 e. The summed E-state index contributed by atoms with van der Waals surface area (Å²) in [6.07, 6.45) is 0.754. The first-order valence-electron chi connectivity index (χ1n) is 6.81. The number of hydrogen-bond donors (Lipinski definition) is 2. The molecule has 0 aliphatic rings. The van der Waals surface area contributed by atoms with Gasteiger partial charge in [-0.15, -0.1) is 0 Å². The zero-order valence-electron chi connectivity index (χ0n) is 12.2. The summed E-state index contributed by atoms with van der Waals surface area (Å²) in [5, 5.41) is 12.6. The fourth-order valence-corrected chi connectivity index (χ4v) is 2.11. The molecule has 0 fully saturated rings. The minimum Gasteiger partial charge on any atom is -0.507 e. The highest BCUT2D eigenvalue weighted by Gasteiger charge is 2.11. The summed E-state index contributed by atoms with van der Waals surface area (Å²) in [5.41, 5.74) is 2.63. The zero-order valence-corrected chi connectivity index (χ0v) is 12.2. The molecule has 0 bridgehead atoms. The van der Waals surface area contributed by atoms with Crippen LogP contribution in [0.2, 0.25) is 0 Å². The highest BCUT2D eigenvalue weighted by Crippen LogP contribution is 2.23. The second-order valence-corrected chi connectivity index (χ2v) is 4.88. The van der Waals surface area contributed by atoms with Crippen molar-refractivity contribution in [3.05, 3.63) is 59.2 Å². The Kier molecular flexibility index (Phi) is 4.82. The van der Waals surface area contributed by atoms with Crippen LogP contribution in [0.1, 0.15) is 21.5 Å². The molecule has 0 aromatic heterocycles. The van der Waals surface area contributed by atoms with Crippen molar-refractivity contribution in [1.82, 2.24) is 5.32 Å². The van der Waals surface area contributed by atoms with Gasteiger partial charge in [0.05, 0.1) is 12.7 Å². The quantitative estimate of drug-likeness (QED) is 0.888. The van der Waals surface area contributed by atoms with Gasteiger partial charge in [0.25, 0.3) is 5.91 Å². The van der Waals surface area contributed by atoms with Crippen molar-refractivity contribution < 1.29 is 14.6 Å². The van der Waals surface area contributed by atoms with E-state index >= 15 is 0 Å². The van der Waals surface area contributed by atoms with E-state index in [1.54, 1.807) is 12.1 Å². The average molecular weight is 285 g/mol. The van der Waals surface area contributed by atoms with Crippen LogP contribution in [-0.2, 0) is 6.42 Å². The Balaban J connectivity index is 1.93. The minimum atomic E-state index is -0.289. The molecule has 0 aliphatic carbocycles. The second kappa shape index (κ2) is 6.79. The summed E-state index contributed by atoms with van der Waals surface area (Å²) in [5.74, 6) is 0.147. The smallest absolute Gasteiger partial charge is 0.255 e. The second-order valence-electron chi connectivity index (χ2n) is 4.88. The Morgan fingerprint density at radius 3 is 2.71 bits per heavy atom. The molecular weight excluding hydrogens is 266 g/mol. The maximum atomic E-state index is 12.0. The first kappa shape index (κ1) is 14.9. The predicted octanol–water partition coefficient (Wildman–Crippen LogP) is 2.68. The van der Waals surface area contributed by atoms with Crippen molar-refractivity contribution in [2.24, 2.45) is 0 Å². The molecule has 0 saturated carbocycles. The fourth-order valence-electron chi connectivity index (χ4n) is 2.11. The third kappa shape index (κ3) is 3.99. The first-order chi connectivity index (χ1) is 10.1. The van der Waals surface area contributed by atoms with Gasteiger partial charge in [0, 0.05) is 12.6 Å². The van der Waals surface area contributed by atoms with Gasteiger partial charge >= 0.3 is 0 Å². The molecule has 0 unspecified atom stereocenters. The molecule has 0 spiro atoms. The van der Waals surface area contributed by atoms with Gasteiger partial charge in [0.15, 0.2) is 0 Å². The third-order valence-electron chi connectivity index (χ3n) is 3.23. The zero-order chi connectivity index (χ0) is 15.2. The number of nitrogens with one attached hydrogen (secondary N) is 1. The normalized spacial score (nSPS) is 10.2. The SMILES string of the molecule is COc1ccc(C(=O)NCCc2cccc(C)c2)c(O)c1. The molecule has 110 valence electrons. The van der Waals surface area contributed by atoms with Crippen molar-refractivity contribution in [3.8, 4) is 11.5 Å². The third-order valence-corrected chi connectivity index (χ3v) is 3.23. The van der Waals surface area contributed by atoms with E-state index in [0.717, 1.165) is 6.42 Å². The molecule has 4 heteroatoms. The lowest BCUT2D eigenvalue weighted by Gasteiger charge is -2.08. The van der Waals surface area contributed by atoms with Crippen LogP contribution in [0.3, 0.4) is 0 Å². The summed E-state index contributed by atoms with van der Waals surface area (Å²) < 4.78 is 4.99. The number of aryl methyl sites for hydroxylation is 1. The van der Waals surface area contributed by atoms with Gasteiger partial charge in [-0.1, -0.05) is 29.8 Å². The summed E-state index contributed by atoms with van der Waals surface area (Å²) >= 11 is 0. The maximum absolute atomic E-state index is 12.0. The topological polar surface area (TPSA) is 58.6 Å². The molecule has 2 aromatic carbocycles. The lowest BCUT2D eigenvalue weighted by atomic mass is 10.1. The number of benzene rings is 2. The first-order valence-corrected chi connectivity index (χ1v) is 6.81. The lowest BCUT2D eigenvalue weighted by Crippen LogP contribution is -2.25. The van der Waals surface area contributed by atoms with Crippen LogP contribution in [0, 0.1) is 6.92 Å². The van der Waals surface area contributed by atoms with Crippen LogP contribution in [0.25, 0.3) is 0 Å². The molecule has 0 saturated heterocycles. The number of phenolic OH excluding ortho intramolecular Hbond substituents is 1. The van der Waals surface area contributed by atoms with E-state index in [1.807, 2.05) is 25.1 Å². The van der Waals surface area contributed by atoms with Crippen LogP contribution in [0.4, 0.5) is 0 Å². The molecule has 2 aromatic rings. The van der Waals surface area contributed by atoms with E-state index < -0.39 is 0 Å². The number of carbonyl (C=O) groups excluding carboxylic acids is 1. The molecule has 0 radical (unpaired) electrons. The number of carbonyl (C=O) groups is 1. The Morgan fingerprint density at radius 2 is 2.05 bits per heavy atom. The molecule has 0 heterocycles. The molecule has 2 rings (SSSR count). The highest BCUT2D eigenvalue weighted by molar-refractivity contribution is 5.97. The number of aromatic hydroxyl groups is 1. The van der Waals surface area contributed by atoms with Crippen molar-refractivity contribution in [1.29, 1.82) is 0 Å². The number of methoxy groups -OCH3 is 1. The highest BCUT2D eigenvalue weighted by atomic mass is 16.5. The standard InChI is InChI=1S/C17H19NO3/c1-12-4-3-5-13(10-12)8-9-18-17(20)15-7-6-14(21-2)11-16(15)19/h3-7,10-11,19H,8-9H2,1-2H3,(H,18,20). The van der Waals surface area contributed by atoms with Gasteiger partial charge < -0.3 is 15.2 Å². The van der Waals surface area contributed by atoms with Crippen molar-refractivity contribution in [2.75, 3.05) is 13.7 Å². The predicted molar refractivity (Wildman–Crippen MR) is 81.9 cm³/mol. The van der Waals surface area contributed by atoms with E-state index in [0.29, 0.717) is 12.3 Å². The average Bonchev–Trinajstić information content (AvgIpc) is 2.47. The van der Waals surface area contributed by atoms with Crippen LogP contribution in [0.5, 0.6) is 11.5 Å². The van der Waals surface area contributed by atoms with Gasteiger partial charge in [-0.2, -0.15) is 0 Å². The van der Waals surface area contributed by atoms with Crippen molar-refractivity contribution >= 4 is 5.91 Å². The van der Waals surface area contributed by atoms with Gasteiger partial charge in [0.2, 0.25) is 0 Å². The van der Waals surface area contributed by atoms with E-state index in [1.165, 1.54) is 24.3 Å². The van der Waals surface area contributed by atoms with E-state index in [2.05, 4.69) is 11.4 Å². The number of amides is 1. The number of ether oxygens (including phenoxy) is 1. The Labute approximate surface area is 124 Å². The summed E-state index contributed by atoms with van der Waals surface area (Å²) in [6, 6.07) is 12.8. The van der Waals surface area contributed by atoms with Crippen LogP contribution in [-0.4, -0.2) is 24.7 Å². The molecular formula is C17H19NO3. The fraction of sp³-hybridized carbons (Fsp3) is 0.235. The summed E-state index contributed by atoms with van der Waals surface area (Å²) in [6.45, 7) is 2.56. The summed E-state index contributed by atoms with van der Waals surface area (Å²) in [4.78, 5) is 12.0. The van der Waals surface area contributed by atoms with Crippen molar-refractivity contribution in [2.45, 2.75) is 13.3 Å². The van der Waals surface area contributed by atoms with Crippen LogP contribution in [0.15, 0.2) is 42.5 Å². The van der Waals surface area contributed by atoms with Gasteiger partial charge in [-0.05, 0) is 31.0 Å². The monoisotopic (exact) mass is 285 g/mol. The van der Waals surface area contributed by atoms with E-state index in [-0.39, 0.29) is 17.2 Å². The van der Waals surface area contributed by atoms with Crippen LogP contribution < -0.4 is 10.1 Å². The summed E-state index contributed by atoms with van der Waals surface area (Å²) in [7, 11) is 1.51. The van der Waals surface area contributed by atoms with Gasteiger partial charge in [-0.25, -0.2) is 0 Å². The van der Waals surface area contributed by atoms with Crippen LogP contribution >= 0.6 is 0 Å². The largest absolute Gasteiger partial charge is 0.507 e. The van der Waals surface area contributed by atoms with E-state index in [9.17, 15) is 9.90 Å². The number of phenols is 1. The molecule has 2 N–H and O–H groups in total. The molecule has 0 atom stereocenters. The molecule has 1 amide bonds. The Hall–Kier alpha value is -2.49. The Bertz CT molecular complexity index is 638. The van der Waals surface area contributed by atoms with Gasteiger partial charge in [-0.3, -0.25) is 4.79 Å². The van der Waals surface area contributed by atoms with Gasteiger partial charge in [0.1, 0.15) is 11.5 Å². The molecule has 4 nitrogen and oxygen atoms in total. The van der Waals surface area contributed by atoms with E-state index in [4.69, 9.17) is 4.74 Å². The Morgan fingerprint density at radius 1 is 1.24 bits per heavy atom. The minimum absolute atomic E-state index is 0.0811. The molecule has 0 aliphatic heterocycles. The molecule has 21 heavy (non-hydrogen) atoms. The number of hydrogen-bond acceptors (Lipinski definition) is 3. The lowest BCUT2D eigenvalue weighted by molar-refractivity contribution is 0.0951. The number of rotatable bonds is 5. The van der Waals surface area contributed by atoms with Crippen molar-refractivity contribution in [3.63, 3.8) is 0 Å².